The van der Waals surface area contributed by atoms with E-state index in [9.17, 15) is 14.9 Å². The monoisotopic (exact) mass is 269 g/mol. The number of rotatable bonds is 6. The number of nitro groups is 1. The molecule has 0 fully saturated rings. The quantitative estimate of drug-likeness (QED) is 0.634. The summed E-state index contributed by atoms with van der Waals surface area (Å²) in [6.45, 7) is 3.65. The van der Waals surface area contributed by atoms with Gasteiger partial charge in [0.15, 0.2) is 0 Å². The van der Waals surface area contributed by atoms with Gasteiger partial charge in [-0.05, 0) is 5.92 Å². The number of carboxylic acid groups (broad SMARTS) is 1. The molecule has 0 aliphatic heterocycles. The summed E-state index contributed by atoms with van der Waals surface area (Å²) >= 11 is 1.22. The molecule has 1 aromatic rings. The largest absolute Gasteiger partial charge is 0.480 e. The zero-order chi connectivity index (χ0) is 13.7. The lowest BCUT2D eigenvalue weighted by molar-refractivity contribution is -0.385. The molecule has 0 aromatic heterocycles. The molecule has 0 aliphatic rings. The maximum Gasteiger partial charge on any atom is 0.316 e. The SMILES string of the molecule is CC(C)C(SCc1ccccc1[N+](=O)[O-])C(=O)O. The summed E-state index contributed by atoms with van der Waals surface area (Å²) in [5, 5.41) is 19.3. The molecule has 5 nitrogen and oxygen atoms in total. The Morgan fingerprint density at radius 1 is 1.44 bits per heavy atom. The lowest BCUT2D eigenvalue weighted by Gasteiger charge is -2.15. The van der Waals surface area contributed by atoms with E-state index in [1.54, 1.807) is 18.2 Å². The van der Waals surface area contributed by atoms with Gasteiger partial charge >= 0.3 is 5.97 Å². The number of carbonyl (C=O) groups is 1. The van der Waals surface area contributed by atoms with E-state index in [1.165, 1.54) is 17.8 Å². The van der Waals surface area contributed by atoms with Gasteiger partial charge in [0.25, 0.3) is 5.69 Å². The van der Waals surface area contributed by atoms with Crippen LogP contribution in [-0.2, 0) is 10.5 Å². The summed E-state index contributed by atoms with van der Waals surface area (Å²) in [7, 11) is 0. The summed E-state index contributed by atoms with van der Waals surface area (Å²) in [5.41, 5.74) is 0.595. The molecule has 1 atom stereocenters. The molecular formula is C12H15NO4S. The number of nitrogens with zero attached hydrogens (tertiary/aromatic N) is 1. The Labute approximate surface area is 109 Å². The fraction of sp³-hybridized carbons (Fsp3) is 0.417. The van der Waals surface area contributed by atoms with Gasteiger partial charge in [-0.2, -0.15) is 0 Å². The summed E-state index contributed by atoms with van der Waals surface area (Å²) in [6.07, 6.45) is 0. The van der Waals surface area contributed by atoms with E-state index < -0.39 is 16.1 Å². The highest BCUT2D eigenvalue weighted by atomic mass is 32.2. The highest BCUT2D eigenvalue weighted by Gasteiger charge is 2.23. The van der Waals surface area contributed by atoms with Crippen LogP contribution in [0.15, 0.2) is 24.3 Å². The first-order valence-corrected chi connectivity index (χ1v) is 6.55. The molecule has 1 N–H and O–H groups in total. The van der Waals surface area contributed by atoms with Crippen LogP contribution in [0.4, 0.5) is 5.69 Å². The molecule has 0 aliphatic carbocycles. The topological polar surface area (TPSA) is 80.4 Å². The van der Waals surface area contributed by atoms with Gasteiger partial charge in [-0.25, -0.2) is 0 Å². The highest BCUT2D eigenvalue weighted by molar-refractivity contribution is 7.99. The molecule has 18 heavy (non-hydrogen) atoms. The van der Waals surface area contributed by atoms with E-state index >= 15 is 0 Å². The van der Waals surface area contributed by atoms with Crippen molar-refractivity contribution in [3.63, 3.8) is 0 Å². The van der Waals surface area contributed by atoms with Crippen molar-refractivity contribution in [3.8, 4) is 0 Å². The first kappa shape index (κ1) is 14.5. The second-order valence-corrected chi connectivity index (χ2v) is 5.33. The smallest absolute Gasteiger partial charge is 0.316 e. The number of carboxylic acids is 1. The summed E-state index contributed by atoms with van der Waals surface area (Å²) in [6, 6.07) is 6.41. The maximum atomic E-state index is 11.0. The average molecular weight is 269 g/mol. The molecule has 6 heteroatoms. The van der Waals surface area contributed by atoms with Crippen molar-refractivity contribution in [2.75, 3.05) is 0 Å². The summed E-state index contributed by atoms with van der Waals surface area (Å²) in [4.78, 5) is 21.4. The first-order chi connectivity index (χ1) is 8.43. The predicted octanol–water partition coefficient (Wildman–Crippen LogP) is 2.94. The van der Waals surface area contributed by atoms with Crippen LogP contribution in [0.1, 0.15) is 19.4 Å². The van der Waals surface area contributed by atoms with Crippen LogP contribution in [0.5, 0.6) is 0 Å². The number of benzene rings is 1. The third-order valence-electron chi connectivity index (χ3n) is 2.46. The van der Waals surface area contributed by atoms with Crippen LogP contribution < -0.4 is 0 Å². The number of hydrogen-bond donors (Lipinski definition) is 1. The van der Waals surface area contributed by atoms with Gasteiger partial charge in [-0.3, -0.25) is 14.9 Å². The molecule has 0 bridgehead atoms. The van der Waals surface area contributed by atoms with Crippen molar-refractivity contribution in [1.29, 1.82) is 0 Å². The van der Waals surface area contributed by atoms with Crippen molar-refractivity contribution >= 4 is 23.4 Å². The van der Waals surface area contributed by atoms with Crippen LogP contribution in [0.3, 0.4) is 0 Å². The van der Waals surface area contributed by atoms with E-state index in [4.69, 9.17) is 5.11 Å². The average Bonchev–Trinajstić information content (AvgIpc) is 2.28. The maximum absolute atomic E-state index is 11.0. The van der Waals surface area contributed by atoms with Crippen LogP contribution in [0.2, 0.25) is 0 Å². The van der Waals surface area contributed by atoms with Gasteiger partial charge in [0.1, 0.15) is 5.25 Å². The Kier molecular flexibility index (Phi) is 5.15. The summed E-state index contributed by atoms with van der Waals surface area (Å²) < 4.78 is 0. The van der Waals surface area contributed by atoms with E-state index in [-0.39, 0.29) is 11.6 Å². The Balaban J connectivity index is 2.79. The van der Waals surface area contributed by atoms with Crippen LogP contribution in [0.25, 0.3) is 0 Å². The lowest BCUT2D eigenvalue weighted by Crippen LogP contribution is -2.22. The number of thioether (sulfide) groups is 1. The zero-order valence-electron chi connectivity index (χ0n) is 10.2. The Morgan fingerprint density at radius 3 is 2.56 bits per heavy atom. The fourth-order valence-corrected chi connectivity index (χ4v) is 2.67. The van der Waals surface area contributed by atoms with E-state index in [1.807, 2.05) is 13.8 Å². The van der Waals surface area contributed by atoms with Gasteiger partial charge in [0.05, 0.1) is 4.92 Å². The normalized spacial score (nSPS) is 12.4. The van der Waals surface area contributed by atoms with E-state index in [2.05, 4.69) is 0 Å². The number of aliphatic carboxylic acids is 1. The molecule has 1 rings (SSSR count). The van der Waals surface area contributed by atoms with Crippen LogP contribution >= 0.6 is 11.8 Å². The van der Waals surface area contributed by atoms with Crippen molar-refractivity contribution in [2.24, 2.45) is 5.92 Å². The molecule has 0 saturated heterocycles. The first-order valence-electron chi connectivity index (χ1n) is 5.50. The van der Waals surface area contributed by atoms with Gasteiger partial charge in [0, 0.05) is 17.4 Å². The highest BCUT2D eigenvalue weighted by Crippen LogP contribution is 2.28. The minimum atomic E-state index is -0.881. The standard InChI is InChI=1S/C12H15NO4S/c1-8(2)11(12(14)15)18-7-9-5-3-4-6-10(9)13(16)17/h3-6,8,11H,7H2,1-2H3,(H,14,15). The third kappa shape index (κ3) is 3.73. The number of nitro benzene ring substituents is 1. The molecule has 98 valence electrons. The van der Waals surface area contributed by atoms with E-state index in [0.29, 0.717) is 11.3 Å². The molecule has 1 aromatic carbocycles. The molecule has 0 saturated carbocycles. The number of para-hydroxylation sites is 1. The Morgan fingerprint density at radius 2 is 2.06 bits per heavy atom. The van der Waals surface area contributed by atoms with Crippen molar-refractivity contribution < 1.29 is 14.8 Å². The molecule has 1 unspecified atom stereocenters. The predicted molar refractivity (Wildman–Crippen MR) is 70.7 cm³/mol. The Bertz CT molecular complexity index is 447. The Hall–Kier alpha value is -1.56. The summed E-state index contributed by atoms with van der Waals surface area (Å²) in [5.74, 6) is -0.574. The second-order valence-electron chi connectivity index (χ2n) is 4.20. The van der Waals surface area contributed by atoms with Gasteiger partial charge in [0.2, 0.25) is 0 Å². The van der Waals surface area contributed by atoms with E-state index in [0.717, 1.165) is 0 Å². The molecule has 0 amide bonds. The minimum absolute atomic E-state index is 0.0183. The second kappa shape index (κ2) is 6.39. The molecular weight excluding hydrogens is 254 g/mol. The minimum Gasteiger partial charge on any atom is -0.480 e. The number of hydrogen-bond acceptors (Lipinski definition) is 4. The van der Waals surface area contributed by atoms with Crippen molar-refractivity contribution in [2.45, 2.75) is 24.9 Å². The van der Waals surface area contributed by atoms with Crippen LogP contribution in [0, 0.1) is 16.0 Å². The fourth-order valence-electron chi connectivity index (χ4n) is 1.54. The third-order valence-corrected chi connectivity index (χ3v) is 4.04. The van der Waals surface area contributed by atoms with Gasteiger partial charge in [-0.15, -0.1) is 11.8 Å². The van der Waals surface area contributed by atoms with Gasteiger partial charge in [-0.1, -0.05) is 32.0 Å². The van der Waals surface area contributed by atoms with Crippen LogP contribution in [-0.4, -0.2) is 21.2 Å². The van der Waals surface area contributed by atoms with Crippen molar-refractivity contribution in [1.82, 2.24) is 0 Å². The molecule has 0 radical (unpaired) electrons. The van der Waals surface area contributed by atoms with Crippen molar-refractivity contribution in [3.05, 3.63) is 39.9 Å². The zero-order valence-corrected chi connectivity index (χ0v) is 11.0. The molecule has 0 spiro atoms. The lowest BCUT2D eigenvalue weighted by atomic mass is 10.1. The van der Waals surface area contributed by atoms with Gasteiger partial charge < -0.3 is 5.11 Å². The molecule has 0 heterocycles.